The Kier molecular flexibility index (Phi) is 4.43. The topological polar surface area (TPSA) is 72.6 Å². The highest BCUT2D eigenvalue weighted by atomic mass is 32.2. The van der Waals surface area contributed by atoms with E-state index in [0.29, 0.717) is 18.6 Å². The van der Waals surface area contributed by atoms with Gasteiger partial charge in [-0.15, -0.1) is 0 Å². The van der Waals surface area contributed by atoms with E-state index in [9.17, 15) is 8.42 Å². The Labute approximate surface area is 124 Å². The summed E-state index contributed by atoms with van der Waals surface area (Å²) in [5.41, 5.74) is 6.10. The standard InChI is InChI=1S/C13H18N2O3S2/c1-9-12(6-7-18-9)15(2)20(16,17)11-5-3-4-10(8-11)13(14)19/h3-5,8-9,12H,6-7H2,1-2H3,(H2,14,19). The fraction of sp³-hybridized carbons (Fsp3) is 0.462. The van der Waals surface area contributed by atoms with Gasteiger partial charge in [-0.25, -0.2) is 8.42 Å². The first-order valence-corrected chi connectivity index (χ1v) is 8.18. The van der Waals surface area contributed by atoms with Crippen molar-refractivity contribution >= 4 is 27.2 Å². The second kappa shape index (κ2) is 5.77. The summed E-state index contributed by atoms with van der Waals surface area (Å²) in [5.74, 6) is 0. The van der Waals surface area contributed by atoms with Crippen molar-refractivity contribution < 1.29 is 13.2 Å². The molecule has 2 atom stereocenters. The maximum Gasteiger partial charge on any atom is 0.243 e. The third kappa shape index (κ3) is 2.85. The van der Waals surface area contributed by atoms with Gasteiger partial charge in [-0.2, -0.15) is 4.31 Å². The molecule has 20 heavy (non-hydrogen) atoms. The maximum atomic E-state index is 12.6. The average molecular weight is 314 g/mol. The minimum absolute atomic E-state index is 0.103. The molecule has 0 amide bonds. The van der Waals surface area contributed by atoms with E-state index < -0.39 is 10.0 Å². The van der Waals surface area contributed by atoms with Crippen LogP contribution in [-0.2, 0) is 14.8 Å². The quantitative estimate of drug-likeness (QED) is 0.843. The molecular formula is C13H18N2O3S2. The van der Waals surface area contributed by atoms with E-state index in [1.165, 1.54) is 10.4 Å². The van der Waals surface area contributed by atoms with Crippen LogP contribution in [0.1, 0.15) is 18.9 Å². The van der Waals surface area contributed by atoms with Crippen molar-refractivity contribution in [1.29, 1.82) is 0 Å². The number of hydrogen-bond donors (Lipinski definition) is 1. The van der Waals surface area contributed by atoms with Crippen LogP contribution in [0, 0.1) is 0 Å². The number of benzene rings is 1. The SMILES string of the molecule is CC1OCCC1N(C)S(=O)(=O)c1cccc(C(N)=S)c1. The van der Waals surface area contributed by atoms with Crippen molar-refractivity contribution in [2.24, 2.45) is 5.73 Å². The molecule has 0 spiro atoms. The molecule has 7 heteroatoms. The summed E-state index contributed by atoms with van der Waals surface area (Å²) in [4.78, 5) is 0.381. The molecule has 1 heterocycles. The zero-order chi connectivity index (χ0) is 14.9. The van der Waals surface area contributed by atoms with E-state index >= 15 is 0 Å². The number of thiocarbonyl (C=S) groups is 1. The van der Waals surface area contributed by atoms with E-state index in [2.05, 4.69) is 0 Å². The molecule has 5 nitrogen and oxygen atoms in total. The van der Waals surface area contributed by atoms with E-state index in [1.54, 1.807) is 25.2 Å². The van der Waals surface area contributed by atoms with Gasteiger partial charge in [0.05, 0.1) is 17.0 Å². The summed E-state index contributed by atoms with van der Waals surface area (Å²) in [6.07, 6.45) is 0.597. The lowest BCUT2D eigenvalue weighted by Crippen LogP contribution is -2.40. The molecular weight excluding hydrogens is 296 g/mol. The lowest BCUT2D eigenvalue weighted by Gasteiger charge is -2.26. The second-order valence-electron chi connectivity index (χ2n) is 4.85. The molecule has 1 fully saturated rings. The second-order valence-corrected chi connectivity index (χ2v) is 7.28. The smallest absolute Gasteiger partial charge is 0.243 e. The Balaban J connectivity index is 2.34. The van der Waals surface area contributed by atoms with Crippen LogP contribution in [0.25, 0.3) is 0 Å². The number of hydrogen-bond acceptors (Lipinski definition) is 4. The molecule has 0 aromatic heterocycles. The summed E-state index contributed by atoms with van der Waals surface area (Å²) >= 11 is 4.89. The maximum absolute atomic E-state index is 12.6. The first-order valence-electron chi connectivity index (χ1n) is 6.33. The van der Waals surface area contributed by atoms with Gasteiger partial charge in [0.25, 0.3) is 0 Å². The number of sulfonamides is 1. The van der Waals surface area contributed by atoms with Crippen LogP contribution < -0.4 is 5.73 Å². The van der Waals surface area contributed by atoms with Crippen molar-refractivity contribution in [2.75, 3.05) is 13.7 Å². The van der Waals surface area contributed by atoms with Crippen LogP contribution in [0.2, 0.25) is 0 Å². The molecule has 2 unspecified atom stereocenters. The van der Waals surface area contributed by atoms with Crippen molar-refractivity contribution in [2.45, 2.75) is 30.4 Å². The molecule has 2 N–H and O–H groups in total. The van der Waals surface area contributed by atoms with Gasteiger partial charge in [-0.1, -0.05) is 24.4 Å². The number of likely N-dealkylation sites (N-methyl/N-ethyl adjacent to an activating group) is 1. The van der Waals surface area contributed by atoms with Gasteiger partial charge in [-0.05, 0) is 25.5 Å². The predicted octanol–water partition coefficient (Wildman–Crippen LogP) is 1.12. The van der Waals surface area contributed by atoms with Crippen molar-refractivity contribution in [3.05, 3.63) is 29.8 Å². The molecule has 0 radical (unpaired) electrons. The summed E-state index contributed by atoms with van der Waals surface area (Å²) in [7, 11) is -1.99. The molecule has 1 aliphatic rings. The molecule has 1 aromatic rings. The summed E-state index contributed by atoms with van der Waals surface area (Å²) in [6.45, 7) is 2.47. The van der Waals surface area contributed by atoms with Crippen LogP contribution in [0.15, 0.2) is 29.2 Å². The van der Waals surface area contributed by atoms with Crippen molar-refractivity contribution in [3.8, 4) is 0 Å². The molecule has 1 saturated heterocycles. The van der Waals surface area contributed by atoms with Gasteiger partial charge in [-0.3, -0.25) is 0 Å². The Hall–Kier alpha value is -1.02. The van der Waals surface area contributed by atoms with Gasteiger partial charge in [0.1, 0.15) is 4.99 Å². The largest absolute Gasteiger partial charge is 0.389 e. The molecule has 0 saturated carbocycles. The molecule has 110 valence electrons. The first-order chi connectivity index (χ1) is 9.34. The van der Waals surface area contributed by atoms with E-state index in [0.717, 1.165) is 0 Å². The molecule has 0 bridgehead atoms. The van der Waals surface area contributed by atoms with Gasteiger partial charge in [0.2, 0.25) is 10.0 Å². The van der Waals surface area contributed by atoms with Crippen molar-refractivity contribution in [1.82, 2.24) is 4.31 Å². The third-order valence-corrected chi connectivity index (χ3v) is 5.71. The van der Waals surface area contributed by atoms with Gasteiger partial charge in [0.15, 0.2) is 0 Å². The predicted molar refractivity (Wildman–Crippen MR) is 81.1 cm³/mol. The van der Waals surface area contributed by atoms with Crippen LogP contribution in [0.4, 0.5) is 0 Å². The number of ether oxygens (including phenoxy) is 1. The van der Waals surface area contributed by atoms with Crippen LogP contribution in [0.5, 0.6) is 0 Å². The summed E-state index contributed by atoms with van der Waals surface area (Å²) in [6, 6.07) is 6.25. The van der Waals surface area contributed by atoms with Gasteiger partial charge >= 0.3 is 0 Å². The first kappa shape index (κ1) is 15.4. The monoisotopic (exact) mass is 314 g/mol. The highest BCUT2D eigenvalue weighted by Gasteiger charge is 2.35. The molecule has 0 aliphatic carbocycles. The molecule has 1 aliphatic heterocycles. The highest BCUT2D eigenvalue weighted by molar-refractivity contribution is 7.89. The zero-order valence-corrected chi connectivity index (χ0v) is 13.1. The van der Waals surface area contributed by atoms with E-state index in [1.807, 2.05) is 6.92 Å². The summed E-state index contributed by atoms with van der Waals surface area (Å²) in [5, 5.41) is 0. The number of nitrogens with two attached hydrogens (primary N) is 1. The third-order valence-electron chi connectivity index (χ3n) is 3.60. The Bertz CT molecular complexity index is 616. The number of rotatable bonds is 4. The Morgan fingerprint density at radius 3 is 2.75 bits per heavy atom. The minimum Gasteiger partial charge on any atom is -0.389 e. The lowest BCUT2D eigenvalue weighted by atomic mass is 10.2. The van der Waals surface area contributed by atoms with Gasteiger partial charge in [0, 0.05) is 19.2 Å². The Morgan fingerprint density at radius 1 is 1.50 bits per heavy atom. The van der Waals surface area contributed by atoms with Crippen LogP contribution in [0.3, 0.4) is 0 Å². The summed E-state index contributed by atoms with van der Waals surface area (Å²) < 4.78 is 32.1. The minimum atomic E-state index is -3.57. The van der Waals surface area contributed by atoms with E-state index in [-0.39, 0.29) is 22.0 Å². The van der Waals surface area contributed by atoms with Crippen LogP contribution in [-0.4, -0.2) is 43.5 Å². The van der Waals surface area contributed by atoms with Gasteiger partial charge < -0.3 is 10.5 Å². The normalized spacial score (nSPS) is 23.1. The van der Waals surface area contributed by atoms with E-state index in [4.69, 9.17) is 22.7 Å². The highest BCUT2D eigenvalue weighted by Crippen LogP contribution is 2.25. The Morgan fingerprint density at radius 2 is 2.20 bits per heavy atom. The fourth-order valence-electron chi connectivity index (χ4n) is 2.35. The molecule has 2 rings (SSSR count). The van der Waals surface area contributed by atoms with Crippen molar-refractivity contribution in [3.63, 3.8) is 0 Å². The lowest BCUT2D eigenvalue weighted by molar-refractivity contribution is 0.102. The zero-order valence-electron chi connectivity index (χ0n) is 11.4. The fourth-order valence-corrected chi connectivity index (χ4v) is 3.97. The van der Waals surface area contributed by atoms with Crippen LogP contribution >= 0.6 is 12.2 Å². The number of nitrogens with zero attached hydrogens (tertiary/aromatic N) is 1. The average Bonchev–Trinajstić information content (AvgIpc) is 2.84. The molecule has 1 aromatic carbocycles.